The Morgan fingerprint density at radius 3 is 3.10 bits per heavy atom. The molecule has 4 heteroatoms. The molecule has 1 aliphatic carbocycles. The molecule has 20 heavy (non-hydrogen) atoms. The molecule has 0 aliphatic heterocycles. The van der Waals surface area contributed by atoms with Crippen molar-refractivity contribution in [2.45, 2.75) is 38.8 Å². The van der Waals surface area contributed by atoms with Crippen LogP contribution >= 0.6 is 11.3 Å². The highest BCUT2D eigenvalue weighted by Gasteiger charge is 2.18. The quantitative estimate of drug-likeness (QED) is 0.933. The van der Waals surface area contributed by atoms with Crippen LogP contribution in [-0.2, 0) is 13.0 Å². The summed E-state index contributed by atoms with van der Waals surface area (Å²) in [6.45, 7) is 2.57. The van der Waals surface area contributed by atoms with Crippen LogP contribution < -0.4 is 10.1 Å². The van der Waals surface area contributed by atoms with E-state index in [0.29, 0.717) is 12.6 Å². The second-order valence-electron chi connectivity index (χ2n) is 5.27. The van der Waals surface area contributed by atoms with Crippen LogP contribution in [0.4, 0.5) is 0 Å². The molecule has 3 nitrogen and oxygen atoms in total. The van der Waals surface area contributed by atoms with E-state index >= 15 is 0 Å². The number of benzene rings is 1. The standard InChI is InChI=1S/C16H20N2OS/c1-11-10-20-16(18-11)9-19-13-6-7-14-12(8-13)4-3-5-15(14)17-2/h6-8,10,15,17H,3-5,9H2,1-2H3. The van der Waals surface area contributed by atoms with Gasteiger partial charge in [0.15, 0.2) is 0 Å². The van der Waals surface area contributed by atoms with Gasteiger partial charge in [-0.1, -0.05) is 6.07 Å². The van der Waals surface area contributed by atoms with E-state index in [0.717, 1.165) is 22.9 Å². The van der Waals surface area contributed by atoms with Gasteiger partial charge in [-0.2, -0.15) is 0 Å². The van der Waals surface area contributed by atoms with Crippen molar-refractivity contribution in [2.75, 3.05) is 7.05 Å². The van der Waals surface area contributed by atoms with Gasteiger partial charge in [-0.25, -0.2) is 4.98 Å². The fourth-order valence-corrected chi connectivity index (χ4v) is 3.48. The molecular formula is C16H20N2OS. The van der Waals surface area contributed by atoms with Crippen LogP contribution in [0.5, 0.6) is 5.75 Å². The Morgan fingerprint density at radius 1 is 1.45 bits per heavy atom. The number of nitrogens with one attached hydrogen (secondary N) is 1. The number of hydrogen-bond donors (Lipinski definition) is 1. The average molecular weight is 288 g/mol. The molecule has 0 fully saturated rings. The van der Waals surface area contributed by atoms with Gasteiger partial charge in [-0.3, -0.25) is 0 Å². The lowest BCUT2D eigenvalue weighted by molar-refractivity contribution is 0.304. The van der Waals surface area contributed by atoms with Crippen molar-refractivity contribution in [2.24, 2.45) is 0 Å². The molecule has 1 heterocycles. The Balaban J connectivity index is 1.72. The van der Waals surface area contributed by atoms with Crippen molar-refractivity contribution < 1.29 is 4.74 Å². The van der Waals surface area contributed by atoms with E-state index in [1.165, 1.54) is 24.0 Å². The summed E-state index contributed by atoms with van der Waals surface area (Å²) in [5, 5.41) is 6.49. The molecule has 1 N–H and O–H groups in total. The van der Waals surface area contributed by atoms with E-state index in [9.17, 15) is 0 Å². The first kappa shape index (κ1) is 13.6. The number of hydrogen-bond acceptors (Lipinski definition) is 4. The minimum Gasteiger partial charge on any atom is -0.486 e. The third kappa shape index (κ3) is 2.86. The molecule has 0 radical (unpaired) electrons. The second kappa shape index (κ2) is 5.94. The molecule has 106 valence electrons. The van der Waals surface area contributed by atoms with E-state index in [1.807, 2.05) is 14.0 Å². The lowest BCUT2D eigenvalue weighted by Gasteiger charge is -2.25. The second-order valence-corrected chi connectivity index (χ2v) is 6.21. The fourth-order valence-electron chi connectivity index (χ4n) is 2.79. The van der Waals surface area contributed by atoms with Crippen LogP contribution in [0, 0.1) is 6.92 Å². The predicted molar refractivity (Wildman–Crippen MR) is 82.4 cm³/mol. The Bertz CT molecular complexity index is 594. The summed E-state index contributed by atoms with van der Waals surface area (Å²) in [5.41, 5.74) is 3.91. The molecule has 0 bridgehead atoms. The Morgan fingerprint density at radius 2 is 2.35 bits per heavy atom. The maximum atomic E-state index is 5.87. The van der Waals surface area contributed by atoms with Gasteiger partial charge in [0.05, 0.1) is 0 Å². The fraction of sp³-hybridized carbons (Fsp3) is 0.438. The first-order valence-corrected chi connectivity index (χ1v) is 7.98. The van der Waals surface area contributed by atoms with Crippen LogP contribution in [0.25, 0.3) is 0 Å². The number of aromatic nitrogens is 1. The Kier molecular flexibility index (Phi) is 4.03. The van der Waals surface area contributed by atoms with Crippen molar-refractivity contribution in [1.82, 2.24) is 10.3 Å². The van der Waals surface area contributed by atoms with E-state index in [1.54, 1.807) is 11.3 Å². The minimum absolute atomic E-state index is 0.495. The van der Waals surface area contributed by atoms with Crippen molar-refractivity contribution in [1.29, 1.82) is 0 Å². The molecule has 1 atom stereocenters. The first-order valence-electron chi connectivity index (χ1n) is 7.10. The summed E-state index contributed by atoms with van der Waals surface area (Å²) < 4.78 is 5.87. The van der Waals surface area contributed by atoms with E-state index in [2.05, 4.69) is 33.9 Å². The largest absolute Gasteiger partial charge is 0.486 e. The topological polar surface area (TPSA) is 34.1 Å². The summed E-state index contributed by atoms with van der Waals surface area (Å²) >= 11 is 1.66. The molecule has 0 saturated carbocycles. The molecule has 2 aromatic rings. The van der Waals surface area contributed by atoms with Crippen LogP contribution in [0.15, 0.2) is 23.6 Å². The van der Waals surface area contributed by atoms with Gasteiger partial charge in [0.1, 0.15) is 17.4 Å². The Labute approximate surface area is 124 Å². The zero-order valence-electron chi connectivity index (χ0n) is 12.0. The normalized spacial score (nSPS) is 17.8. The molecule has 0 amide bonds. The molecule has 1 aromatic carbocycles. The lowest BCUT2D eigenvalue weighted by Crippen LogP contribution is -2.21. The Hall–Kier alpha value is -1.39. The number of thiazole rings is 1. The summed E-state index contributed by atoms with van der Waals surface area (Å²) in [6, 6.07) is 6.97. The van der Waals surface area contributed by atoms with E-state index in [4.69, 9.17) is 4.74 Å². The highest BCUT2D eigenvalue weighted by Crippen LogP contribution is 2.32. The summed E-state index contributed by atoms with van der Waals surface area (Å²) in [4.78, 5) is 4.42. The van der Waals surface area contributed by atoms with E-state index < -0.39 is 0 Å². The van der Waals surface area contributed by atoms with Crippen LogP contribution in [0.3, 0.4) is 0 Å². The van der Waals surface area contributed by atoms with Crippen LogP contribution in [-0.4, -0.2) is 12.0 Å². The zero-order chi connectivity index (χ0) is 13.9. The van der Waals surface area contributed by atoms with Gasteiger partial charge < -0.3 is 10.1 Å². The number of ether oxygens (including phenoxy) is 1. The highest BCUT2D eigenvalue weighted by atomic mass is 32.1. The number of aryl methyl sites for hydroxylation is 2. The third-order valence-corrected chi connectivity index (χ3v) is 4.75. The number of nitrogens with zero attached hydrogens (tertiary/aromatic N) is 1. The highest BCUT2D eigenvalue weighted by molar-refractivity contribution is 7.09. The first-order chi connectivity index (χ1) is 9.76. The van der Waals surface area contributed by atoms with Crippen molar-refractivity contribution in [3.63, 3.8) is 0 Å². The van der Waals surface area contributed by atoms with Gasteiger partial charge >= 0.3 is 0 Å². The summed E-state index contributed by atoms with van der Waals surface area (Å²) in [7, 11) is 2.04. The third-order valence-electron chi connectivity index (χ3n) is 3.81. The molecule has 3 rings (SSSR count). The van der Waals surface area contributed by atoms with Gasteiger partial charge in [0.25, 0.3) is 0 Å². The van der Waals surface area contributed by atoms with Gasteiger partial charge in [0.2, 0.25) is 0 Å². The zero-order valence-corrected chi connectivity index (χ0v) is 12.8. The number of fused-ring (bicyclic) bond motifs is 1. The van der Waals surface area contributed by atoms with Crippen LogP contribution in [0.2, 0.25) is 0 Å². The maximum absolute atomic E-state index is 5.87. The maximum Gasteiger partial charge on any atom is 0.140 e. The lowest BCUT2D eigenvalue weighted by atomic mass is 9.87. The van der Waals surface area contributed by atoms with Gasteiger partial charge in [-0.15, -0.1) is 11.3 Å². The molecule has 1 unspecified atom stereocenters. The smallest absolute Gasteiger partial charge is 0.140 e. The van der Waals surface area contributed by atoms with Crippen LogP contribution in [0.1, 0.15) is 40.7 Å². The SMILES string of the molecule is CNC1CCCc2cc(OCc3nc(C)cs3)ccc21. The molecule has 1 aromatic heterocycles. The molecular weight excluding hydrogens is 268 g/mol. The monoisotopic (exact) mass is 288 g/mol. The summed E-state index contributed by atoms with van der Waals surface area (Å²) in [6.07, 6.45) is 3.62. The van der Waals surface area contributed by atoms with Crippen molar-refractivity contribution in [3.05, 3.63) is 45.4 Å². The van der Waals surface area contributed by atoms with Crippen molar-refractivity contribution in [3.8, 4) is 5.75 Å². The van der Waals surface area contributed by atoms with Gasteiger partial charge in [0, 0.05) is 17.1 Å². The molecule has 0 saturated heterocycles. The molecule has 0 spiro atoms. The molecule has 1 aliphatic rings. The van der Waals surface area contributed by atoms with Crippen molar-refractivity contribution >= 4 is 11.3 Å². The minimum atomic E-state index is 0.495. The van der Waals surface area contributed by atoms with Gasteiger partial charge in [-0.05, 0) is 56.5 Å². The summed E-state index contributed by atoms with van der Waals surface area (Å²) in [5.74, 6) is 0.952. The average Bonchev–Trinajstić information content (AvgIpc) is 2.89. The van der Waals surface area contributed by atoms with E-state index in [-0.39, 0.29) is 0 Å². The number of rotatable bonds is 4. The predicted octanol–water partition coefficient (Wildman–Crippen LogP) is 3.63.